The van der Waals surface area contributed by atoms with Gasteiger partial charge in [0.05, 0.1) is 5.56 Å². The molecule has 2 aromatic heterocycles. The molecular weight excluding hydrogens is 243 g/mol. The highest BCUT2D eigenvalue weighted by molar-refractivity contribution is 6.02. The van der Waals surface area contributed by atoms with Crippen molar-refractivity contribution in [1.82, 2.24) is 9.97 Å². The smallest absolute Gasteiger partial charge is 0.197 e. The lowest BCUT2D eigenvalue weighted by atomic mass is 9.90. The van der Waals surface area contributed by atoms with Crippen molar-refractivity contribution in [3.63, 3.8) is 0 Å². The normalized spacial score (nSPS) is 13.8. The van der Waals surface area contributed by atoms with Gasteiger partial charge in [0.1, 0.15) is 5.82 Å². The summed E-state index contributed by atoms with van der Waals surface area (Å²) in [5.41, 5.74) is 3.91. The first-order chi connectivity index (χ1) is 9.25. The molecule has 4 rings (SSSR count). The molecule has 94 valence electrons. The van der Waals surface area contributed by atoms with Gasteiger partial charge in [0.2, 0.25) is 0 Å². The molecule has 0 aliphatic heterocycles. The zero-order valence-electron chi connectivity index (χ0n) is 10.00. The van der Waals surface area contributed by atoms with Crippen molar-refractivity contribution in [2.24, 2.45) is 0 Å². The van der Waals surface area contributed by atoms with Gasteiger partial charge in [-0.2, -0.15) is 0 Å². The summed E-state index contributed by atoms with van der Waals surface area (Å²) in [4.78, 5) is 6.04. The standard InChI is InChI=1S/C15H11FN2O/c16-10-5-6-12-13-8(10)3-4-9(11-2-1-7-17-11)14(13)15(19)18-12/h1-2,4-7,17-19H,3H2. The summed E-state index contributed by atoms with van der Waals surface area (Å²) < 4.78 is 13.9. The van der Waals surface area contributed by atoms with Gasteiger partial charge in [0.25, 0.3) is 0 Å². The summed E-state index contributed by atoms with van der Waals surface area (Å²) >= 11 is 0. The van der Waals surface area contributed by atoms with Crippen LogP contribution in [0.2, 0.25) is 0 Å². The number of aromatic hydroxyl groups is 1. The van der Waals surface area contributed by atoms with Crippen molar-refractivity contribution in [3.8, 4) is 5.88 Å². The van der Waals surface area contributed by atoms with E-state index in [0.717, 1.165) is 22.2 Å². The van der Waals surface area contributed by atoms with E-state index in [1.807, 2.05) is 24.4 Å². The van der Waals surface area contributed by atoms with Crippen LogP contribution in [0.25, 0.3) is 16.5 Å². The fourth-order valence-corrected chi connectivity index (χ4v) is 2.83. The summed E-state index contributed by atoms with van der Waals surface area (Å²) in [7, 11) is 0. The molecule has 1 aliphatic rings. The number of halogens is 1. The van der Waals surface area contributed by atoms with Crippen LogP contribution < -0.4 is 0 Å². The van der Waals surface area contributed by atoms with Crippen molar-refractivity contribution in [2.45, 2.75) is 6.42 Å². The summed E-state index contributed by atoms with van der Waals surface area (Å²) in [6.45, 7) is 0. The fourth-order valence-electron chi connectivity index (χ4n) is 2.83. The first kappa shape index (κ1) is 10.4. The number of benzene rings is 1. The second kappa shape index (κ2) is 3.51. The number of aromatic nitrogens is 2. The second-order valence-electron chi connectivity index (χ2n) is 4.70. The topological polar surface area (TPSA) is 51.8 Å². The highest BCUT2D eigenvalue weighted by Crippen LogP contribution is 2.41. The second-order valence-corrected chi connectivity index (χ2v) is 4.70. The molecule has 4 heteroatoms. The van der Waals surface area contributed by atoms with Crippen LogP contribution in [0.3, 0.4) is 0 Å². The Kier molecular flexibility index (Phi) is 1.93. The maximum absolute atomic E-state index is 13.9. The molecule has 0 saturated carbocycles. The van der Waals surface area contributed by atoms with Gasteiger partial charge >= 0.3 is 0 Å². The summed E-state index contributed by atoms with van der Waals surface area (Å²) in [5, 5.41) is 10.9. The Morgan fingerprint density at radius 1 is 1.21 bits per heavy atom. The van der Waals surface area contributed by atoms with Crippen LogP contribution in [0.4, 0.5) is 4.39 Å². The monoisotopic (exact) mass is 254 g/mol. The van der Waals surface area contributed by atoms with Gasteiger partial charge in [-0.1, -0.05) is 6.08 Å². The summed E-state index contributed by atoms with van der Waals surface area (Å²) in [5.74, 6) is -0.142. The molecule has 0 saturated heterocycles. The predicted molar refractivity (Wildman–Crippen MR) is 71.5 cm³/mol. The summed E-state index contributed by atoms with van der Waals surface area (Å²) in [6, 6.07) is 6.94. The van der Waals surface area contributed by atoms with E-state index in [1.165, 1.54) is 6.07 Å². The molecule has 0 spiro atoms. The van der Waals surface area contributed by atoms with Crippen LogP contribution in [0.1, 0.15) is 16.8 Å². The maximum Gasteiger partial charge on any atom is 0.197 e. The van der Waals surface area contributed by atoms with Crippen LogP contribution in [0.15, 0.2) is 36.5 Å². The van der Waals surface area contributed by atoms with Gasteiger partial charge in [0.15, 0.2) is 5.88 Å². The first-order valence-corrected chi connectivity index (χ1v) is 6.12. The summed E-state index contributed by atoms with van der Waals surface area (Å²) in [6.07, 6.45) is 4.31. The lowest BCUT2D eigenvalue weighted by Gasteiger charge is -2.14. The van der Waals surface area contributed by atoms with Crippen molar-refractivity contribution < 1.29 is 9.50 Å². The van der Waals surface area contributed by atoms with Crippen LogP contribution >= 0.6 is 0 Å². The third-order valence-electron chi connectivity index (χ3n) is 3.66. The van der Waals surface area contributed by atoms with E-state index in [4.69, 9.17) is 0 Å². The van der Waals surface area contributed by atoms with Crippen molar-refractivity contribution in [1.29, 1.82) is 0 Å². The van der Waals surface area contributed by atoms with E-state index in [2.05, 4.69) is 9.97 Å². The minimum atomic E-state index is -0.227. The van der Waals surface area contributed by atoms with E-state index in [9.17, 15) is 9.50 Å². The minimum Gasteiger partial charge on any atom is -0.494 e. The van der Waals surface area contributed by atoms with E-state index in [0.29, 0.717) is 17.5 Å². The number of hydrogen-bond acceptors (Lipinski definition) is 1. The van der Waals surface area contributed by atoms with Gasteiger partial charge in [-0.15, -0.1) is 0 Å². The molecule has 3 N–H and O–H groups in total. The third kappa shape index (κ3) is 1.31. The molecule has 19 heavy (non-hydrogen) atoms. The molecule has 1 aromatic carbocycles. The Balaban J connectivity index is 2.09. The Morgan fingerprint density at radius 2 is 2.11 bits per heavy atom. The van der Waals surface area contributed by atoms with E-state index in [-0.39, 0.29) is 11.7 Å². The van der Waals surface area contributed by atoms with Gasteiger partial charge < -0.3 is 15.1 Å². The van der Waals surface area contributed by atoms with Crippen molar-refractivity contribution in [2.75, 3.05) is 0 Å². The fraction of sp³-hybridized carbons (Fsp3) is 0.0667. The molecule has 1 aliphatic carbocycles. The predicted octanol–water partition coefficient (Wildman–Crippen LogP) is 3.33. The molecule has 3 nitrogen and oxygen atoms in total. The molecule has 0 bridgehead atoms. The van der Waals surface area contributed by atoms with Crippen LogP contribution in [-0.4, -0.2) is 15.1 Å². The van der Waals surface area contributed by atoms with Gasteiger partial charge in [-0.05, 0) is 30.7 Å². The lowest BCUT2D eigenvalue weighted by molar-refractivity contribution is 0.457. The first-order valence-electron chi connectivity index (χ1n) is 6.12. The lowest BCUT2D eigenvalue weighted by Crippen LogP contribution is -1.99. The number of hydrogen-bond donors (Lipinski definition) is 3. The highest BCUT2D eigenvalue weighted by Gasteiger charge is 2.24. The Hall–Kier alpha value is -2.49. The van der Waals surface area contributed by atoms with Crippen LogP contribution in [-0.2, 0) is 6.42 Å². The van der Waals surface area contributed by atoms with Crippen molar-refractivity contribution in [3.05, 3.63) is 59.2 Å². The quantitative estimate of drug-likeness (QED) is 0.613. The maximum atomic E-state index is 13.9. The molecule has 0 fully saturated rings. The molecule has 0 amide bonds. The average Bonchev–Trinajstić information content (AvgIpc) is 3.04. The molecule has 2 heterocycles. The number of nitrogens with one attached hydrogen (secondary N) is 2. The number of aromatic amines is 2. The Labute approximate surface area is 108 Å². The Bertz CT molecular complexity index is 812. The van der Waals surface area contributed by atoms with Gasteiger partial charge in [-0.25, -0.2) is 4.39 Å². The minimum absolute atomic E-state index is 0.0856. The van der Waals surface area contributed by atoms with Crippen LogP contribution in [0, 0.1) is 5.82 Å². The third-order valence-corrected chi connectivity index (χ3v) is 3.66. The van der Waals surface area contributed by atoms with Gasteiger partial charge in [0, 0.05) is 33.9 Å². The molecule has 3 aromatic rings. The number of allylic oxidation sites excluding steroid dienone is 1. The highest BCUT2D eigenvalue weighted by atomic mass is 19.1. The largest absolute Gasteiger partial charge is 0.494 e. The molecule has 0 radical (unpaired) electrons. The van der Waals surface area contributed by atoms with E-state index >= 15 is 0 Å². The van der Waals surface area contributed by atoms with E-state index < -0.39 is 0 Å². The zero-order valence-corrected chi connectivity index (χ0v) is 10.00. The van der Waals surface area contributed by atoms with Crippen molar-refractivity contribution >= 4 is 16.5 Å². The average molecular weight is 254 g/mol. The molecular formula is C15H11FN2O. The SMILES string of the molecule is Oc1[nH]c2ccc(F)c3c2c1C(c1ccc[nH]1)=CC3. The molecule has 0 unspecified atom stereocenters. The van der Waals surface area contributed by atoms with Crippen LogP contribution in [0.5, 0.6) is 5.88 Å². The number of rotatable bonds is 1. The number of H-pyrrole nitrogens is 2. The molecule has 0 atom stereocenters. The van der Waals surface area contributed by atoms with E-state index in [1.54, 1.807) is 6.07 Å². The Morgan fingerprint density at radius 3 is 2.89 bits per heavy atom. The zero-order chi connectivity index (χ0) is 13.0. The van der Waals surface area contributed by atoms with Gasteiger partial charge in [-0.3, -0.25) is 0 Å².